The molecule has 3 rings (SSSR count). The molecule has 1 aliphatic heterocycles. The van der Waals surface area contributed by atoms with E-state index in [0.717, 1.165) is 6.07 Å². The highest BCUT2D eigenvalue weighted by Crippen LogP contribution is 2.34. The molecule has 0 aliphatic carbocycles. The Kier molecular flexibility index (Phi) is 4.99. The monoisotopic (exact) mass is 364 g/mol. The summed E-state index contributed by atoms with van der Waals surface area (Å²) in [6.45, 7) is -0.237. The average molecular weight is 364 g/mol. The average Bonchev–Trinajstić information content (AvgIpc) is 3.05. The summed E-state index contributed by atoms with van der Waals surface area (Å²) in [6, 6.07) is 6.10. The number of halogens is 2. The van der Waals surface area contributed by atoms with Crippen LogP contribution >= 0.6 is 0 Å². The minimum absolute atomic E-state index is 0.0733. The number of nitrogens with one attached hydrogen (secondary N) is 2. The summed E-state index contributed by atoms with van der Waals surface area (Å²) in [6.07, 6.45) is 0. The smallest absolute Gasteiger partial charge is 0.258 e. The molecule has 136 valence electrons. The Labute approximate surface area is 146 Å². The first kappa shape index (κ1) is 17.6. The lowest BCUT2D eigenvalue weighted by molar-refractivity contribution is -0.119. The van der Waals surface area contributed by atoms with Crippen molar-refractivity contribution in [3.05, 3.63) is 47.5 Å². The fourth-order valence-corrected chi connectivity index (χ4v) is 2.31. The van der Waals surface area contributed by atoms with Gasteiger partial charge < -0.3 is 24.8 Å². The van der Waals surface area contributed by atoms with Gasteiger partial charge in [0.25, 0.3) is 5.91 Å². The Bertz CT molecular complexity index is 872. The van der Waals surface area contributed by atoms with E-state index in [0.29, 0.717) is 23.3 Å². The molecule has 1 heterocycles. The second kappa shape index (κ2) is 7.36. The van der Waals surface area contributed by atoms with Crippen molar-refractivity contribution in [1.29, 1.82) is 0 Å². The summed E-state index contributed by atoms with van der Waals surface area (Å²) >= 11 is 0. The fourth-order valence-electron chi connectivity index (χ4n) is 2.31. The minimum Gasteiger partial charge on any atom is -0.454 e. The SMILES string of the molecule is COCC(=O)Nc1cc(C(=O)Nc2ccc3c(c2)OCO3)c(F)cc1F. The summed E-state index contributed by atoms with van der Waals surface area (Å²) in [7, 11) is 1.30. The number of fused-ring (bicyclic) bond motifs is 1. The maximum Gasteiger partial charge on any atom is 0.258 e. The van der Waals surface area contributed by atoms with E-state index in [1.54, 1.807) is 12.1 Å². The number of hydrogen-bond acceptors (Lipinski definition) is 5. The molecule has 0 radical (unpaired) electrons. The van der Waals surface area contributed by atoms with Crippen molar-refractivity contribution in [3.8, 4) is 11.5 Å². The number of anilines is 2. The van der Waals surface area contributed by atoms with Crippen molar-refractivity contribution < 1.29 is 32.6 Å². The Balaban J connectivity index is 1.81. The van der Waals surface area contributed by atoms with E-state index in [1.807, 2.05) is 0 Å². The van der Waals surface area contributed by atoms with Gasteiger partial charge in [-0.2, -0.15) is 0 Å². The van der Waals surface area contributed by atoms with Crippen molar-refractivity contribution in [2.75, 3.05) is 31.1 Å². The minimum atomic E-state index is -1.06. The van der Waals surface area contributed by atoms with Gasteiger partial charge in [-0.15, -0.1) is 0 Å². The second-order valence-electron chi connectivity index (χ2n) is 5.32. The number of hydrogen-bond donors (Lipinski definition) is 2. The van der Waals surface area contributed by atoms with Gasteiger partial charge in [0.05, 0.1) is 11.3 Å². The highest BCUT2D eigenvalue weighted by molar-refractivity contribution is 6.05. The van der Waals surface area contributed by atoms with Crippen LogP contribution in [-0.4, -0.2) is 32.3 Å². The molecule has 0 spiro atoms. The standard InChI is InChI=1S/C17H14F2N2O5/c1-24-7-16(22)21-13-5-10(11(18)6-12(13)19)17(23)20-9-2-3-14-15(4-9)26-8-25-14/h2-6H,7-8H2,1H3,(H,20,23)(H,21,22). The lowest BCUT2D eigenvalue weighted by Gasteiger charge is -2.11. The Morgan fingerprint density at radius 2 is 1.85 bits per heavy atom. The number of carbonyl (C=O) groups excluding carboxylic acids is 2. The molecule has 9 heteroatoms. The van der Waals surface area contributed by atoms with Gasteiger partial charge in [0.15, 0.2) is 11.5 Å². The summed E-state index contributed by atoms with van der Waals surface area (Å²) in [5, 5.41) is 4.69. The maximum atomic E-state index is 14.0. The maximum absolute atomic E-state index is 14.0. The van der Waals surface area contributed by atoms with Gasteiger partial charge in [-0.25, -0.2) is 8.78 Å². The van der Waals surface area contributed by atoms with Crippen molar-refractivity contribution in [2.24, 2.45) is 0 Å². The van der Waals surface area contributed by atoms with E-state index in [2.05, 4.69) is 15.4 Å². The van der Waals surface area contributed by atoms with Crippen LogP contribution in [0.1, 0.15) is 10.4 Å². The van der Waals surface area contributed by atoms with E-state index in [1.165, 1.54) is 13.2 Å². The molecule has 0 fully saturated rings. The summed E-state index contributed by atoms with van der Waals surface area (Å²) in [5.41, 5.74) is -0.422. The molecule has 0 saturated heterocycles. The molecule has 2 amide bonds. The lowest BCUT2D eigenvalue weighted by atomic mass is 10.1. The molecular formula is C17H14F2N2O5. The third-order valence-corrected chi connectivity index (χ3v) is 3.48. The van der Waals surface area contributed by atoms with Crippen LogP contribution < -0.4 is 20.1 Å². The zero-order valence-electron chi connectivity index (χ0n) is 13.6. The largest absolute Gasteiger partial charge is 0.454 e. The highest BCUT2D eigenvalue weighted by atomic mass is 19.1. The van der Waals surface area contributed by atoms with E-state index in [-0.39, 0.29) is 19.1 Å². The van der Waals surface area contributed by atoms with E-state index in [9.17, 15) is 18.4 Å². The first-order valence-corrected chi connectivity index (χ1v) is 7.47. The molecule has 0 atom stereocenters. The number of rotatable bonds is 5. The number of benzene rings is 2. The van der Waals surface area contributed by atoms with Crippen LogP contribution in [0.3, 0.4) is 0 Å². The van der Waals surface area contributed by atoms with Crippen LogP contribution in [0, 0.1) is 11.6 Å². The first-order valence-electron chi connectivity index (χ1n) is 7.47. The fraction of sp³-hybridized carbons (Fsp3) is 0.176. The predicted octanol–water partition coefficient (Wildman–Crippen LogP) is 2.53. The molecule has 1 aliphatic rings. The molecule has 0 unspecified atom stereocenters. The molecular weight excluding hydrogens is 350 g/mol. The number of amides is 2. The number of ether oxygens (including phenoxy) is 3. The molecule has 2 aromatic carbocycles. The Morgan fingerprint density at radius 1 is 1.08 bits per heavy atom. The third-order valence-electron chi connectivity index (χ3n) is 3.48. The Hall–Kier alpha value is -3.20. The first-order chi connectivity index (χ1) is 12.5. The van der Waals surface area contributed by atoms with Gasteiger partial charge in [-0.05, 0) is 18.2 Å². The van der Waals surface area contributed by atoms with Gasteiger partial charge in [0.1, 0.15) is 18.2 Å². The van der Waals surface area contributed by atoms with E-state index in [4.69, 9.17) is 9.47 Å². The lowest BCUT2D eigenvalue weighted by Crippen LogP contribution is -2.20. The van der Waals surface area contributed by atoms with Crippen molar-refractivity contribution in [3.63, 3.8) is 0 Å². The van der Waals surface area contributed by atoms with Crippen LogP contribution in [0.4, 0.5) is 20.2 Å². The van der Waals surface area contributed by atoms with Crippen LogP contribution in [0.5, 0.6) is 11.5 Å². The van der Waals surface area contributed by atoms with Crippen molar-refractivity contribution in [2.45, 2.75) is 0 Å². The molecule has 26 heavy (non-hydrogen) atoms. The van der Waals surface area contributed by atoms with Gasteiger partial charge in [-0.1, -0.05) is 0 Å². The van der Waals surface area contributed by atoms with Crippen molar-refractivity contribution in [1.82, 2.24) is 0 Å². The second-order valence-corrected chi connectivity index (χ2v) is 5.32. The van der Waals surface area contributed by atoms with E-state index < -0.39 is 29.0 Å². The van der Waals surface area contributed by atoms with Gasteiger partial charge in [0, 0.05) is 24.9 Å². The molecule has 0 aromatic heterocycles. The van der Waals surface area contributed by atoms with Crippen LogP contribution in [0.25, 0.3) is 0 Å². The van der Waals surface area contributed by atoms with Crippen LogP contribution in [0.2, 0.25) is 0 Å². The van der Waals surface area contributed by atoms with E-state index >= 15 is 0 Å². The van der Waals surface area contributed by atoms with Crippen LogP contribution in [0.15, 0.2) is 30.3 Å². The van der Waals surface area contributed by atoms with Crippen molar-refractivity contribution >= 4 is 23.2 Å². The molecule has 7 nitrogen and oxygen atoms in total. The summed E-state index contributed by atoms with van der Waals surface area (Å²) in [5.74, 6) is -2.56. The summed E-state index contributed by atoms with van der Waals surface area (Å²) in [4.78, 5) is 23.8. The molecule has 0 saturated carbocycles. The quantitative estimate of drug-likeness (QED) is 0.852. The molecule has 0 bridgehead atoms. The zero-order valence-corrected chi connectivity index (χ0v) is 13.6. The van der Waals surface area contributed by atoms with Gasteiger partial charge in [0.2, 0.25) is 12.7 Å². The van der Waals surface area contributed by atoms with Crippen LogP contribution in [-0.2, 0) is 9.53 Å². The van der Waals surface area contributed by atoms with Gasteiger partial charge in [-0.3, -0.25) is 9.59 Å². The summed E-state index contributed by atoms with van der Waals surface area (Å²) < 4.78 is 42.8. The zero-order chi connectivity index (χ0) is 18.7. The molecule has 2 N–H and O–H groups in total. The third kappa shape index (κ3) is 3.72. The number of carbonyl (C=O) groups is 2. The molecule has 2 aromatic rings. The normalized spacial score (nSPS) is 12.0. The topological polar surface area (TPSA) is 85.9 Å². The van der Waals surface area contributed by atoms with Gasteiger partial charge >= 0.3 is 0 Å². The Morgan fingerprint density at radius 3 is 2.62 bits per heavy atom. The number of methoxy groups -OCH3 is 1. The highest BCUT2D eigenvalue weighted by Gasteiger charge is 2.19. The predicted molar refractivity (Wildman–Crippen MR) is 87.4 cm³/mol.